The van der Waals surface area contributed by atoms with E-state index in [4.69, 9.17) is 0 Å². The molecule has 76 valence electrons. The average Bonchev–Trinajstić information content (AvgIpc) is 2.04. The SMILES string of the molecule is C=C(C)C(=O)N(CC)C(C)N(C)C. The second kappa shape index (κ2) is 5.02. The second-order valence-corrected chi connectivity index (χ2v) is 3.47. The van der Waals surface area contributed by atoms with Crippen LogP contribution in [-0.2, 0) is 4.79 Å². The summed E-state index contributed by atoms with van der Waals surface area (Å²) in [5.74, 6) is 0.0312. The normalized spacial score (nSPS) is 12.8. The predicted molar refractivity (Wildman–Crippen MR) is 55.4 cm³/mol. The molecule has 0 aromatic rings. The Balaban J connectivity index is 4.50. The lowest BCUT2D eigenvalue weighted by atomic mass is 10.2. The van der Waals surface area contributed by atoms with E-state index in [0.29, 0.717) is 12.1 Å². The van der Waals surface area contributed by atoms with Gasteiger partial charge in [0.05, 0.1) is 6.17 Å². The van der Waals surface area contributed by atoms with Crippen LogP contribution in [0, 0.1) is 0 Å². The molecule has 0 aliphatic carbocycles. The van der Waals surface area contributed by atoms with Crippen LogP contribution in [0.3, 0.4) is 0 Å². The Morgan fingerprint density at radius 2 is 1.92 bits per heavy atom. The molecule has 0 saturated carbocycles. The lowest BCUT2D eigenvalue weighted by Crippen LogP contribution is -2.46. The molecule has 13 heavy (non-hydrogen) atoms. The van der Waals surface area contributed by atoms with Crippen molar-refractivity contribution in [3.63, 3.8) is 0 Å². The van der Waals surface area contributed by atoms with Crippen LogP contribution >= 0.6 is 0 Å². The molecule has 1 unspecified atom stereocenters. The van der Waals surface area contributed by atoms with Crippen molar-refractivity contribution in [2.45, 2.75) is 26.9 Å². The summed E-state index contributed by atoms with van der Waals surface area (Å²) in [5, 5.41) is 0. The first kappa shape index (κ1) is 12.2. The smallest absolute Gasteiger partial charge is 0.250 e. The molecule has 0 N–H and O–H groups in total. The van der Waals surface area contributed by atoms with Crippen LogP contribution in [0.2, 0.25) is 0 Å². The van der Waals surface area contributed by atoms with Crippen molar-refractivity contribution in [1.29, 1.82) is 0 Å². The van der Waals surface area contributed by atoms with Gasteiger partial charge in [-0.25, -0.2) is 0 Å². The van der Waals surface area contributed by atoms with E-state index in [9.17, 15) is 4.79 Å². The minimum atomic E-state index is 0.0312. The van der Waals surface area contributed by atoms with E-state index in [1.54, 1.807) is 11.8 Å². The molecule has 0 saturated heterocycles. The summed E-state index contributed by atoms with van der Waals surface area (Å²) >= 11 is 0. The lowest BCUT2D eigenvalue weighted by Gasteiger charge is -2.32. The zero-order chi connectivity index (χ0) is 10.6. The van der Waals surface area contributed by atoms with Gasteiger partial charge in [0.2, 0.25) is 5.91 Å². The highest BCUT2D eigenvalue weighted by Gasteiger charge is 2.19. The fourth-order valence-corrected chi connectivity index (χ4v) is 1.10. The van der Waals surface area contributed by atoms with Gasteiger partial charge in [0.1, 0.15) is 0 Å². The maximum Gasteiger partial charge on any atom is 0.250 e. The molecule has 1 amide bonds. The number of nitrogens with zero attached hydrogens (tertiary/aromatic N) is 2. The van der Waals surface area contributed by atoms with Gasteiger partial charge in [-0.2, -0.15) is 0 Å². The molecule has 0 fully saturated rings. The van der Waals surface area contributed by atoms with E-state index < -0.39 is 0 Å². The third-order valence-electron chi connectivity index (χ3n) is 2.17. The number of carbonyl (C=O) groups excluding carboxylic acids is 1. The fraction of sp³-hybridized carbons (Fsp3) is 0.700. The highest BCUT2D eigenvalue weighted by molar-refractivity contribution is 5.92. The second-order valence-electron chi connectivity index (χ2n) is 3.47. The van der Waals surface area contributed by atoms with Crippen LogP contribution in [0.1, 0.15) is 20.8 Å². The largest absolute Gasteiger partial charge is 0.324 e. The highest BCUT2D eigenvalue weighted by atomic mass is 16.2. The van der Waals surface area contributed by atoms with E-state index in [-0.39, 0.29) is 12.1 Å². The van der Waals surface area contributed by atoms with Crippen LogP contribution in [0.4, 0.5) is 0 Å². The van der Waals surface area contributed by atoms with E-state index in [1.165, 1.54) is 0 Å². The molecular formula is C10H20N2O. The van der Waals surface area contributed by atoms with Gasteiger partial charge in [-0.1, -0.05) is 6.58 Å². The van der Waals surface area contributed by atoms with Gasteiger partial charge in [-0.15, -0.1) is 0 Å². The Morgan fingerprint density at radius 1 is 1.46 bits per heavy atom. The van der Waals surface area contributed by atoms with Crippen molar-refractivity contribution in [1.82, 2.24) is 9.80 Å². The van der Waals surface area contributed by atoms with Crippen molar-refractivity contribution in [2.24, 2.45) is 0 Å². The van der Waals surface area contributed by atoms with Gasteiger partial charge in [-0.05, 0) is 34.9 Å². The number of hydrogen-bond acceptors (Lipinski definition) is 2. The van der Waals surface area contributed by atoms with Crippen molar-refractivity contribution in [2.75, 3.05) is 20.6 Å². The number of likely N-dealkylation sites (N-methyl/N-ethyl adjacent to an activating group) is 1. The molecule has 3 heteroatoms. The maximum absolute atomic E-state index is 11.6. The molecule has 0 spiro atoms. The van der Waals surface area contributed by atoms with E-state index >= 15 is 0 Å². The topological polar surface area (TPSA) is 23.6 Å². The minimum absolute atomic E-state index is 0.0312. The van der Waals surface area contributed by atoms with Gasteiger partial charge in [0, 0.05) is 12.1 Å². The molecule has 0 aliphatic heterocycles. The summed E-state index contributed by atoms with van der Waals surface area (Å²) in [6.07, 6.45) is 0.120. The van der Waals surface area contributed by atoms with Gasteiger partial charge in [0.25, 0.3) is 0 Å². The van der Waals surface area contributed by atoms with Gasteiger partial charge < -0.3 is 4.90 Å². The first-order chi connectivity index (χ1) is 5.91. The van der Waals surface area contributed by atoms with E-state index in [1.807, 2.05) is 32.8 Å². The molecule has 0 radical (unpaired) electrons. The number of amides is 1. The lowest BCUT2D eigenvalue weighted by molar-refractivity contribution is -0.131. The quantitative estimate of drug-likeness (QED) is 0.486. The predicted octanol–water partition coefficient (Wildman–Crippen LogP) is 1.32. The summed E-state index contributed by atoms with van der Waals surface area (Å²) in [6, 6.07) is 0. The Labute approximate surface area is 81.0 Å². The summed E-state index contributed by atoms with van der Waals surface area (Å²) in [6.45, 7) is 10.1. The molecule has 0 rings (SSSR count). The zero-order valence-corrected chi connectivity index (χ0v) is 9.29. The Bertz CT molecular complexity index is 199. The third-order valence-corrected chi connectivity index (χ3v) is 2.17. The monoisotopic (exact) mass is 184 g/mol. The number of hydrogen-bond donors (Lipinski definition) is 0. The zero-order valence-electron chi connectivity index (χ0n) is 9.29. The van der Waals surface area contributed by atoms with Crippen molar-refractivity contribution >= 4 is 5.91 Å². The average molecular weight is 184 g/mol. The molecule has 1 atom stereocenters. The van der Waals surface area contributed by atoms with Crippen molar-refractivity contribution in [3.8, 4) is 0 Å². The molecule has 0 heterocycles. The molecule has 0 aromatic heterocycles. The summed E-state index contributed by atoms with van der Waals surface area (Å²) in [7, 11) is 3.91. The van der Waals surface area contributed by atoms with Crippen LogP contribution < -0.4 is 0 Å². The Kier molecular flexibility index (Phi) is 4.70. The number of rotatable bonds is 4. The standard InChI is InChI=1S/C10H20N2O/c1-7-12(9(4)11(5)6)10(13)8(2)3/h9H,2,7H2,1,3-6H3. The Morgan fingerprint density at radius 3 is 2.15 bits per heavy atom. The third kappa shape index (κ3) is 3.19. The van der Waals surface area contributed by atoms with Crippen LogP contribution in [-0.4, -0.2) is 42.5 Å². The molecule has 0 bridgehead atoms. The van der Waals surface area contributed by atoms with Gasteiger partial charge in [0.15, 0.2) is 0 Å². The van der Waals surface area contributed by atoms with Crippen molar-refractivity contribution < 1.29 is 4.79 Å². The van der Waals surface area contributed by atoms with Gasteiger partial charge in [-0.3, -0.25) is 9.69 Å². The minimum Gasteiger partial charge on any atom is -0.324 e. The maximum atomic E-state index is 11.6. The fourth-order valence-electron chi connectivity index (χ4n) is 1.10. The highest BCUT2D eigenvalue weighted by Crippen LogP contribution is 2.06. The Hall–Kier alpha value is -0.830. The molecule has 0 aliphatic rings. The van der Waals surface area contributed by atoms with E-state index in [0.717, 1.165) is 0 Å². The summed E-state index contributed by atoms with van der Waals surface area (Å²) < 4.78 is 0. The number of carbonyl (C=O) groups is 1. The molecule has 3 nitrogen and oxygen atoms in total. The molecule has 0 aromatic carbocycles. The first-order valence-corrected chi connectivity index (χ1v) is 4.54. The first-order valence-electron chi connectivity index (χ1n) is 4.54. The summed E-state index contributed by atoms with van der Waals surface area (Å²) in [4.78, 5) is 15.4. The molecular weight excluding hydrogens is 164 g/mol. The van der Waals surface area contributed by atoms with Crippen LogP contribution in [0.15, 0.2) is 12.2 Å². The van der Waals surface area contributed by atoms with Crippen molar-refractivity contribution in [3.05, 3.63) is 12.2 Å². The van der Waals surface area contributed by atoms with E-state index in [2.05, 4.69) is 6.58 Å². The van der Waals surface area contributed by atoms with Gasteiger partial charge >= 0.3 is 0 Å². The van der Waals surface area contributed by atoms with Crippen LogP contribution in [0.5, 0.6) is 0 Å². The van der Waals surface area contributed by atoms with Crippen LogP contribution in [0.25, 0.3) is 0 Å². The summed E-state index contributed by atoms with van der Waals surface area (Å²) in [5.41, 5.74) is 0.593.